The number of nitrogens with one attached hydrogen (secondary N) is 1. The molecule has 5 nitrogen and oxygen atoms in total. The predicted molar refractivity (Wildman–Crippen MR) is 99.7 cm³/mol. The van der Waals surface area contributed by atoms with Gasteiger partial charge in [-0.05, 0) is 43.0 Å². The van der Waals surface area contributed by atoms with E-state index in [1.165, 1.54) is 11.8 Å². The maximum absolute atomic E-state index is 12.0. The van der Waals surface area contributed by atoms with Crippen LogP contribution in [0.15, 0.2) is 40.4 Å². The number of carbonyl (C=O) groups excluding carboxylic acids is 1. The van der Waals surface area contributed by atoms with E-state index >= 15 is 0 Å². The van der Waals surface area contributed by atoms with E-state index in [1.54, 1.807) is 0 Å². The Balaban J connectivity index is 2.11. The van der Waals surface area contributed by atoms with Gasteiger partial charge in [0.2, 0.25) is 5.91 Å². The second kappa shape index (κ2) is 7.21. The van der Waals surface area contributed by atoms with Crippen molar-refractivity contribution >= 4 is 29.2 Å². The van der Waals surface area contributed by atoms with Crippen LogP contribution in [0, 0.1) is 12.3 Å². The first-order chi connectivity index (χ1) is 11.1. The van der Waals surface area contributed by atoms with Crippen molar-refractivity contribution in [2.75, 3.05) is 24.3 Å². The monoisotopic (exact) mass is 344 g/mol. The summed E-state index contributed by atoms with van der Waals surface area (Å²) in [7, 11) is 3.92. The van der Waals surface area contributed by atoms with E-state index in [2.05, 4.69) is 15.3 Å². The molecule has 0 saturated heterocycles. The van der Waals surface area contributed by atoms with Crippen LogP contribution in [0.3, 0.4) is 0 Å². The van der Waals surface area contributed by atoms with E-state index in [0.29, 0.717) is 5.16 Å². The van der Waals surface area contributed by atoms with Crippen molar-refractivity contribution in [3.8, 4) is 0 Å². The Morgan fingerprint density at radius 1 is 1.12 bits per heavy atom. The Bertz CT molecular complexity index is 721. The molecule has 1 amide bonds. The number of amides is 1. The molecule has 0 radical (unpaired) electrons. The Morgan fingerprint density at radius 2 is 1.75 bits per heavy atom. The van der Waals surface area contributed by atoms with Crippen molar-refractivity contribution in [3.05, 3.63) is 36.0 Å². The molecule has 2 rings (SSSR count). The lowest BCUT2D eigenvalue weighted by Gasteiger charge is -2.17. The first-order valence-corrected chi connectivity index (χ1v) is 8.59. The van der Waals surface area contributed by atoms with Crippen molar-refractivity contribution in [3.63, 3.8) is 0 Å². The van der Waals surface area contributed by atoms with Gasteiger partial charge >= 0.3 is 0 Å². The number of anilines is 2. The maximum atomic E-state index is 12.0. The van der Waals surface area contributed by atoms with Gasteiger partial charge in [-0.25, -0.2) is 9.97 Å². The van der Waals surface area contributed by atoms with Crippen molar-refractivity contribution in [2.24, 2.45) is 5.41 Å². The fraction of sp³-hybridized carbons (Fsp3) is 0.389. The topological polar surface area (TPSA) is 58.1 Å². The number of hydrogen-bond acceptors (Lipinski definition) is 5. The number of aromatic nitrogens is 2. The number of nitrogens with zero attached hydrogens (tertiary/aromatic N) is 3. The normalized spacial score (nSPS) is 11.2. The van der Waals surface area contributed by atoms with Crippen LogP contribution in [0.2, 0.25) is 0 Å². The van der Waals surface area contributed by atoms with Crippen LogP contribution in [-0.4, -0.2) is 30.0 Å². The number of rotatable bonds is 4. The first kappa shape index (κ1) is 18.3. The molecule has 0 spiro atoms. The third-order valence-electron chi connectivity index (χ3n) is 3.28. The Kier molecular flexibility index (Phi) is 5.49. The second-order valence-corrected chi connectivity index (χ2v) is 7.92. The van der Waals surface area contributed by atoms with Crippen LogP contribution in [0.25, 0.3) is 0 Å². The van der Waals surface area contributed by atoms with Gasteiger partial charge < -0.3 is 10.2 Å². The fourth-order valence-corrected chi connectivity index (χ4v) is 2.64. The molecule has 2 aromatic rings. The lowest BCUT2D eigenvalue weighted by atomic mass is 9.95. The number of hydrogen-bond donors (Lipinski definition) is 1. The molecule has 0 saturated carbocycles. The maximum Gasteiger partial charge on any atom is 0.229 e. The van der Waals surface area contributed by atoms with Crippen molar-refractivity contribution in [2.45, 2.75) is 37.7 Å². The zero-order valence-electron chi connectivity index (χ0n) is 15.0. The SMILES string of the molecule is Cc1cc(N(C)C)nc(Sc2ccc(NC(=O)C(C)(C)C)cc2)n1. The Labute approximate surface area is 147 Å². The molecule has 0 bridgehead atoms. The van der Waals surface area contributed by atoms with Gasteiger partial charge in [-0.3, -0.25) is 4.79 Å². The van der Waals surface area contributed by atoms with Gasteiger partial charge in [0.25, 0.3) is 0 Å². The lowest BCUT2D eigenvalue weighted by molar-refractivity contribution is -0.123. The third-order valence-corrected chi connectivity index (χ3v) is 4.15. The molecule has 0 aliphatic heterocycles. The summed E-state index contributed by atoms with van der Waals surface area (Å²) in [4.78, 5) is 24.0. The van der Waals surface area contributed by atoms with Gasteiger partial charge in [0, 0.05) is 41.9 Å². The largest absolute Gasteiger partial charge is 0.363 e. The van der Waals surface area contributed by atoms with Gasteiger partial charge in [-0.2, -0.15) is 0 Å². The molecular formula is C18H24N4OS. The van der Waals surface area contributed by atoms with E-state index < -0.39 is 5.41 Å². The molecule has 128 valence electrons. The predicted octanol–water partition coefficient (Wildman–Crippen LogP) is 3.99. The molecule has 0 aliphatic carbocycles. The standard InChI is InChI=1S/C18H24N4OS/c1-12-11-15(22(5)6)21-17(19-12)24-14-9-7-13(8-10-14)20-16(23)18(2,3)4/h7-11H,1-6H3,(H,20,23). The number of aryl methyl sites for hydroxylation is 1. The third kappa shape index (κ3) is 4.96. The molecular weight excluding hydrogens is 320 g/mol. The van der Waals surface area contributed by atoms with E-state index in [0.717, 1.165) is 22.1 Å². The van der Waals surface area contributed by atoms with Crippen LogP contribution in [0.1, 0.15) is 26.5 Å². The molecule has 24 heavy (non-hydrogen) atoms. The molecule has 1 heterocycles. The number of carbonyl (C=O) groups is 1. The van der Waals surface area contributed by atoms with E-state index in [4.69, 9.17) is 0 Å². The smallest absolute Gasteiger partial charge is 0.229 e. The zero-order chi connectivity index (χ0) is 17.9. The average molecular weight is 344 g/mol. The summed E-state index contributed by atoms with van der Waals surface area (Å²) in [6.45, 7) is 7.64. The Morgan fingerprint density at radius 3 is 2.29 bits per heavy atom. The van der Waals surface area contributed by atoms with E-state index in [9.17, 15) is 4.79 Å². The van der Waals surface area contributed by atoms with Crippen LogP contribution < -0.4 is 10.2 Å². The highest BCUT2D eigenvalue weighted by Gasteiger charge is 2.21. The minimum absolute atomic E-state index is 0.000505. The van der Waals surface area contributed by atoms with Crippen molar-refractivity contribution < 1.29 is 4.79 Å². The minimum atomic E-state index is -0.411. The average Bonchev–Trinajstić information content (AvgIpc) is 2.47. The van der Waals surface area contributed by atoms with Gasteiger partial charge in [-0.15, -0.1) is 0 Å². The quantitative estimate of drug-likeness (QED) is 0.850. The summed E-state index contributed by atoms with van der Waals surface area (Å²) in [5.41, 5.74) is 1.31. The molecule has 0 fully saturated rings. The molecule has 0 atom stereocenters. The molecule has 0 aliphatic rings. The lowest BCUT2D eigenvalue weighted by Crippen LogP contribution is -2.27. The molecule has 1 aromatic carbocycles. The van der Waals surface area contributed by atoms with E-state index in [-0.39, 0.29) is 5.91 Å². The number of benzene rings is 1. The summed E-state index contributed by atoms with van der Waals surface area (Å²) in [6.07, 6.45) is 0. The van der Waals surface area contributed by atoms with Crippen LogP contribution in [-0.2, 0) is 4.79 Å². The highest BCUT2D eigenvalue weighted by Crippen LogP contribution is 2.28. The zero-order valence-corrected chi connectivity index (χ0v) is 15.9. The van der Waals surface area contributed by atoms with Crippen LogP contribution in [0.5, 0.6) is 0 Å². The fourth-order valence-electron chi connectivity index (χ4n) is 1.83. The van der Waals surface area contributed by atoms with Gasteiger partial charge in [-0.1, -0.05) is 20.8 Å². The first-order valence-electron chi connectivity index (χ1n) is 7.77. The van der Waals surface area contributed by atoms with Gasteiger partial charge in [0.05, 0.1) is 0 Å². The van der Waals surface area contributed by atoms with Crippen molar-refractivity contribution in [1.29, 1.82) is 0 Å². The van der Waals surface area contributed by atoms with Gasteiger partial charge in [0.1, 0.15) is 5.82 Å². The second-order valence-electron chi connectivity index (χ2n) is 6.88. The van der Waals surface area contributed by atoms with Crippen LogP contribution in [0.4, 0.5) is 11.5 Å². The summed E-state index contributed by atoms with van der Waals surface area (Å²) >= 11 is 1.50. The highest BCUT2D eigenvalue weighted by atomic mass is 32.2. The molecule has 0 unspecified atom stereocenters. The highest BCUT2D eigenvalue weighted by molar-refractivity contribution is 7.99. The van der Waals surface area contributed by atoms with Gasteiger partial charge in [0.15, 0.2) is 5.16 Å². The summed E-state index contributed by atoms with van der Waals surface area (Å²) in [5.74, 6) is 0.889. The van der Waals surface area contributed by atoms with E-state index in [1.807, 2.05) is 77.0 Å². The summed E-state index contributed by atoms with van der Waals surface area (Å²) in [5, 5.41) is 3.63. The van der Waals surface area contributed by atoms with Crippen LogP contribution >= 0.6 is 11.8 Å². The molecule has 1 aromatic heterocycles. The Hall–Kier alpha value is -2.08. The molecule has 1 N–H and O–H groups in total. The van der Waals surface area contributed by atoms with Crippen molar-refractivity contribution in [1.82, 2.24) is 9.97 Å². The minimum Gasteiger partial charge on any atom is -0.363 e. The summed E-state index contributed by atoms with van der Waals surface area (Å²) < 4.78 is 0. The molecule has 6 heteroatoms. The summed E-state index contributed by atoms with van der Waals surface area (Å²) in [6, 6.07) is 9.67.